The number of amides is 1. The molecule has 0 radical (unpaired) electrons. The van der Waals surface area contributed by atoms with E-state index in [1.165, 1.54) is 13.8 Å². The second-order valence-electron chi connectivity index (χ2n) is 6.75. The minimum Gasteiger partial charge on any atom is -0.503 e. The van der Waals surface area contributed by atoms with Crippen molar-refractivity contribution in [2.24, 2.45) is 5.73 Å². The van der Waals surface area contributed by atoms with Gasteiger partial charge in [0.25, 0.3) is 5.91 Å². The average molecular weight is 442 g/mol. The Morgan fingerprint density at radius 3 is 2.26 bits per heavy atom. The fourth-order valence-corrected chi connectivity index (χ4v) is 3.37. The number of phenols is 1. The number of fused-ring (bicyclic) bond motifs is 1. The van der Waals surface area contributed by atoms with Gasteiger partial charge in [-0.15, -0.1) is 13.2 Å². The maximum atomic E-state index is 14.7. The molecule has 1 heterocycles. The molecule has 0 aliphatic rings. The Morgan fingerprint density at radius 2 is 1.74 bits per heavy atom. The van der Waals surface area contributed by atoms with Gasteiger partial charge in [0.2, 0.25) is 5.91 Å². The number of ether oxygens (including phenoxy) is 1. The van der Waals surface area contributed by atoms with Gasteiger partial charge >= 0.3 is 6.36 Å². The van der Waals surface area contributed by atoms with Gasteiger partial charge in [0.15, 0.2) is 17.4 Å². The summed E-state index contributed by atoms with van der Waals surface area (Å²) in [6, 6.07) is 4.61. The number of hydrogen-bond acceptors (Lipinski definition) is 4. The zero-order valence-corrected chi connectivity index (χ0v) is 16.1. The number of carbonyl (C=O) groups excluding carboxylic acids is 2. The average Bonchev–Trinajstić information content (AvgIpc) is 2.96. The lowest BCUT2D eigenvalue weighted by molar-refractivity contribution is -0.274. The molecule has 0 saturated heterocycles. The molecule has 0 aliphatic heterocycles. The number of halogens is 5. The largest absolute Gasteiger partial charge is 0.573 e. The number of aromatic nitrogens is 1. The number of alkyl halides is 3. The summed E-state index contributed by atoms with van der Waals surface area (Å²) in [7, 11) is 0. The van der Waals surface area contributed by atoms with E-state index in [1.54, 1.807) is 0 Å². The van der Waals surface area contributed by atoms with Crippen molar-refractivity contribution >= 4 is 22.7 Å². The van der Waals surface area contributed by atoms with E-state index in [0.29, 0.717) is 0 Å². The Bertz CT molecular complexity index is 1200. The van der Waals surface area contributed by atoms with Crippen molar-refractivity contribution in [1.82, 2.24) is 4.57 Å². The Labute approximate surface area is 171 Å². The molecule has 0 aliphatic carbocycles. The van der Waals surface area contributed by atoms with Crippen molar-refractivity contribution in [2.45, 2.75) is 26.1 Å². The van der Waals surface area contributed by atoms with Gasteiger partial charge in [-0.3, -0.25) is 14.2 Å². The molecule has 1 atom stereocenters. The molecule has 0 spiro atoms. The summed E-state index contributed by atoms with van der Waals surface area (Å²) in [5.41, 5.74) is 4.92. The highest BCUT2D eigenvalue weighted by Crippen LogP contribution is 2.38. The number of phenolic OH excluding ortho intramolecular Hbond substituents is 1. The number of primary amides is 1. The van der Waals surface area contributed by atoms with Gasteiger partial charge in [0.1, 0.15) is 5.75 Å². The Morgan fingerprint density at radius 1 is 1.16 bits per heavy atom. The van der Waals surface area contributed by atoms with Crippen LogP contribution in [0, 0.1) is 18.6 Å². The summed E-state index contributed by atoms with van der Waals surface area (Å²) < 4.78 is 70.4. The van der Waals surface area contributed by atoms with Crippen LogP contribution in [0.3, 0.4) is 0 Å². The van der Waals surface area contributed by atoms with E-state index in [2.05, 4.69) is 4.74 Å². The lowest BCUT2D eigenvalue weighted by Crippen LogP contribution is -2.20. The fourth-order valence-electron chi connectivity index (χ4n) is 3.37. The molecule has 3 aromatic rings. The van der Waals surface area contributed by atoms with Crippen LogP contribution >= 0.6 is 0 Å². The number of hydrogen-bond donors (Lipinski definition) is 2. The van der Waals surface area contributed by atoms with Crippen molar-refractivity contribution in [2.75, 3.05) is 0 Å². The van der Waals surface area contributed by atoms with Crippen LogP contribution in [0.15, 0.2) is 30.3 Å². The van der Waals surface area contributed by atoms with E-state index in [9.17, 15) is 36.6 Å². The lowest BCUT2D eigenvalue weighted by atomic mass is 9.97. The van der Waals surface area contributed by atoms with Gasteiger partial charge < -0.3 is 15.6 Å². The highest BCUT2D eigenvalue weighted by molar-refractivity contribution is 6.05. The first-order valence-corrected chi connectivity index (χ1v) is 8.75. The summed E-state index contributed by atoms with van der Waals surface area (Å²) in [5, 5.41) is 9.29. The first-order chi connectivity index (χ1) is 14.3. The molecule has 1 amide bonds. The van der Waals surface area contributed by atoms with Gasteiger partial charge in [-0.05, 0) is 43.7 Å². The van der Waals surface area contributed by atoms with Crippen LogP contribution in [0.2, 0.25) is 0 Å². The van der Waals surface area contributed by atoms with Gasteiger partial charge in [0.05, 0.1) is 11.4 Å². The van der Waals surface area contributed by atoms with Gasteiger partial charge in [-0.2, -0.15) is 0 Å². The quantitative estimate of drug-likeness (QED) is 0.595. The standard InChI is InChI=1S/C20H15F5N2O4/c1-8(18(26)29)14-9(2)27(13-7-12(21)17(28)16(22)15(13)14)19(30)10-3-5-11(6-4-10)31-20(23,24)25/h3-8,28H,1-2H3,(H2,26,29). The number of rotatable bonds is 4. The molecular weight excluding hydrogens is 427 g/mol. The number of benzene rings is 2. The van der Waals surface area contributed by atoms with Gasteiger partial charge in [-0.25, -0.2) is 8.78 Å². The Balaban J connectivity index is 2.21. The fraction of sp³-hybridized carbons (Fsp3) is 0.200. The summed E-state index contributed by atoms with van der Waals surface area (Å²) >= 11 is 0. The highest BCUT2D eigenvalue weighted by Gasteiger charge is 2.32. The van der Waals surface area contributed by atoms with Crippen molar-refractivity contribution < 1.29 is 41.4 Å². The monoisotopic (exact) mass is 442 g/mol. The minimum absolute atomic E-state index is 0.0272. The first kappa shape index (κ1) is 22.1. The van der Waals surface area contributed by atoms with E-state index >= 15 is 0 Å². The van der Waals surface area contributed by atoms with Gasteiger partial charge in [-0.1, -0.05) is 0 Å². The summed E-state index contributed by atoms with van der Waals surface area (Å²) in [6.45, 7) is 2.71. The van der Waals surface area contributed by atoms with Crippen molar-refractivity contribution in [1.29, 1.82) is 0 Å². The van der Waals surface area contributed by atoms with Crippen LogP contribution in [-0.4, -0.2) is 27.9 Å². The highest BCUT2D eigenvalue weighted by atomic mass is 19.4. The normalized spacial score (nSPS) is 12.7. The molecule has 0 bridgehead atoms. The second-order valence-corrected chi connectivity index (χ2v) is 6.75. The molecule has 31 heavy (non-hydrogen) atoms. The van der Waals surface area contributed by atoms with Gasteiger partial charge in [0, 0.05) is 22.7 Å². The molecular formula is C20H15F5N2O4. The summed E-state index contributed by atoms with van der Waals surface area (Å²) in [4.78, 5) is 24.8. The molecule has 3 N–H and O–H groups in total. The number of carbonyl (C=O) groups is 2. The Hall–Kier alpha value is -3.63. The number of nitrogens with zero attached hydrogens (tertiary/aromatic N) is 1. The van der Waals surface area contributed by atoms with Crippen molar-refractivity contribution in [3.8, 4) is 11.5 Å². The second kappa shape index (κ2) is 7.56. The number of nitrogens with two attached hydrogens (primary N) is 1. The lowest BCUT2D eigenvalue weighted by Gasteiger charge is -2.11. The zero-order chi connectivity index (χ0) is 23.2. The first-order valence-electron chi connectivity index (χ1n) is 8.75. The van der Waals surface area contributed by atoms with Crippen LogP contribution in [0.4, 0.5) is 22.0 Å². The zero-order valence-electron chi connectivity index (χ0n) is 16.1. The maximum absolute atomic E-state index is 14.7. The molecule has 3 rings (SSSR count). The topological polar surface area (TPSA) is 94.5 Å². The predicted molar refractivity (Wildman–Crippen MR) is 98.7 cm³/mol. The maximum Gasteiger partial charge on any atom is 0.573 e. The Kier molecular flexibility index (Phi) is 5.38. The van der Waals surface area contributed by atoms with E-state index in [1.807, 2.05) is 0 Å². The van der Waals surface area contributed by atoms with Crippen molar-refractivity contribution in [3.63, 3.8) is 0 Å². The molecule has 164 valence electrons. The molecule has 1 aromatic heterocycles. The minimum atomic E-state index is -4.92. The smallest absolute Gasteiger partial charge is 0.503 e. The third-order valence-corrected chi connectivity index (χ3v) is 4.81. The van der Waals surface area contributed by atoms with E-state index in [0.717, 1.165) is 34.9 Å². The van der Waals surface area contributed by atoms with Crippen LogP contribution < -0.4 is 10.5 Å². The molecule has 1 unspecified atom stereocenters. The van der Waals surface area contributed by atoms with Crippen LogP contribution in [0.5, 0.6) is 11.5 Å². The van der Waals surface area contributed by atoms with Crippen molar-refractivity contribution in [3.05, 3.63) is 58.8 Å². The molecule has 11 heteroatoms. The van der Waals surface area contributed by atoms with E-state index in [4.69, 9.17) is 5.73 Å². The summed E-state index contributed by atoms with van der Waals surface area (Å²) in [5.74, 6) is -7.37. The molecule has 0 fully saturated rings. The molecule has 0 saturated carbocycles. The number of aromatic hydroxyl groups is 1. The third kappa shape index (κ3) is 3.90. The van der Waals surface area contributed by atoms with E-state index < -0.39 is 47.2 Å². The third-order valence-electron chi connectivity index (χ3n) is 4.81. The van der Waals surface area contributed by atoms with Crippen LogP contribution in [0.25, 0.3) is 10.9 Å². The van der Waals surface area contributed by atoms with Crippen LogP contribution in [-0.2, 0) is 4.79 Å². The SMILES string of the molecule is Cc1c(C(C)C(N)=O)c2c(F)c(O)c(F)cc2n1C(=O)c1ccc(OC(F)(F)F)cc1. The molecule has 6 nitrogen and oxygen atoms in total. The molecule has 2 aromatic carbocycles. The predicted octanol–water partition coefficient (Wildman–Crippen LogP) is 4.11. The summed E-state index contributed by atoms with van der Waals surface area (Å²) in [6.07, 6.45) is -4.92. The van der Waals surface area contributed by atoms with Crippen LogP contribution in [0.1, 0.15) is 34.5 Å². The van der Waals surface area contributed by atoms with E-state index in [-0.39, 0.29) is 27.7 Å².